The predicted molar refractivity (Wildman–Crippen MR) is 86.0 cm³/mol. The first-order chi connectivity index (χ1) is 11.6. The molecule has 0 saturated carbocycles. The van der Waals surface area contributed by atoms with Crippen LogP contribution in [-0.2, 0) is 0 Å². The number of nitrogens with one attached hydrogen (secondary N) is 1. The van der Waals surface area contributed by atoms with Gasteiger partial charge >= 0.3 is 6.09 Å². The molecule has 0 aliphatic carbocycles. The Morgan fingerprint density at radius 1 is 1.42 bits per heavy atom. The van der Waals surface area contributed by atoms with Gasteiger partial charge in [-0.05, 0) is 30.7 Å². The van der Waals surface area contributed by atoms with Crippen LogP contribution in [0.2, 0.25) is 0 Å². The minimum atomic E-state index is -0.866. The lowest BCUT2D eigenvalue weighted by Gasteiger charge is -2.31. The fourth-order valence-corrected chi connectivity index (χ4v) is 2.62. The summed E-state index contributed by atoms with van der Waals surface area (Å²) in [6.45, 7) is 3.97. The van der Waals surface area contributed by atoms with Crippen LogP contribution in [0.4, 0.5) is 4.79 Å². The van der Waals surface area contributed by atoms with Crippen LogP contribution in [0.3, 0.4) is 0 Å². The van der Waals surface area contributed by atoms with Gasteiger partial charge in [0.05, 0.1) is 6.61 Å². The molecule has 1 aliphatic rings. The van der Waals surface area contributed by atoms with Crippen LogP contribution in [0.25, 0.3) is 11.5 Å². The van der Waals surface area contributed by atoms with Crippen molar-refractivity contribution in [2.24, 2.45) is 0 Å². The number of amides is 1. The van der Waals surface area contributed by atoms with E-state index < -0.39 is 6.09 Å². The maximum Gasteiger partial charge on any atom is 0.407 e. The highest BCUT2D eigenvalue weighted by molar-refractivity contribution is 5.65. The Kier molecular flexibility index (Phi) is 4.95. The van der Waals surface area contributed by atoms with Crippen molar-refractivity contribution in [2.45, 2.75) is 19.4 Å². The van der Waals surface area contributed by atoms with Gasteiger partial charge in [0.2, 0.25) is 11.8 Å². The lowest BCUT2D eigenvalue weighted by molar-refractivity contribution is 0.124. The van der Waals surface area contributed by atoms with E-state index in [4.69, 9.17) is 14.3 Å². The van der Waals surface area contributed by atoms with Crippen molar-refractivity contribution in [1.82, 2.24) is 20.4 Å². The molecule has 1 amide bonds. The number of hydrogen-bond acceptors (Lipinski definition) is 6. The molecule has 0 bridgehead atoms. The molecule has 1 saturated heterocycles. The number of ether oxygens (including phenoxy) is 1. The number of benzene rings is 1. The van der Waals surface area contributed by atoms with Crippen molar-refractivity contribution in [3.8, 4) is 17.2 Å². The first kappa shape index (κ1) is 16.3. The Morgan fingerprint density at radius 3 is 2.88 bits per heavy atom. The molecule has 1 aliphatic heterocycles. The van der Waals surface area contributed by atoms with Crippen LogP contribution >= 0.6 is 0 Å². The normalized spacial score (nSPS) is 17.7. The van der Waals surface area contributed by atoms with E-state index in [9.17, 15) is 4.79 Å². The lowest BCUT2D eigenvalue weighted by Crippen LogP contribution is -2.52. The van der Waals surface area contributed by atoms with Gasteiger partial charge in [0.25, 0.3) is 0 Å². The van der Waals surface area contributed by atoms with E-state index >= 15 is 0 Å². The molecule has 1 fully saturated rings. The van der Waals surface area contributed by atoms with Crippen molar-refractivity contribution in [2.75, 3.05) is 26.2 Å². The number of hydrogen-bond donors (Lipinski definition) is 2. The Hall–Kier alpha value is -2.61. The summed E-state index contributed by atoms with van der Waals surface area (Å²) in [5, 5.41) is 20.1. The van der Waals surface area contributed by atoms with Crippen molar-refractivity contribution in [3.63, 3.8) is 0 Å². The molecular weight excluding hydrogens is 312 g/mol. The summed E-state index contributed by atoms with van der Waals surface area (Å²) in [4.78, 5) is 12.4. The minimum Gasteiger partial charge on any atom is -0.494 e. The van der Waals surface area contributed by atoms with Gasteiger partial charge in [0.15, 0.2) is 0 Å². The molecular formula is C16H20N4O4. The fraction of sp³-hybridized carbons (Fsp3) is 0.438. The molecule has 1 aromatic heterocycles. The highest BCUT2D eigenvalue weighted by Gasteiger charge is 2.22. The number of carbonyl (C=O) groups is 1. The maximum absolute atomic E-state index is 11.0. The van der Waals surface area contributed by atoms with Crippen LogP contribution in [0.15, 0.2) is 28.7 Å². The van der Waals surface area contributed by atoms with Crippen molar-refractivity contribution >= 4 is 6.09 Å². The number of nitrogens with zero attached hydrogens (tertiary/aromatic N) is 3. The molecule has 2 N–H and O–H groups in total. The van der Waals surface area contributed by atoms with Gasteiger partial charge in [-0.25, -0.2) is 4.79 Å². The van der Waals surface area contributed by atoms with Gasteiger partial charge in [-0.1, -0.05) is 0 Å². The third-order valence-electron chi connectivity index (χ3n) is 3.89. The molecule has 24 heavy (non-hydrogen) atoms. The van der Waals surface area contributed by atoms with Gasteiger partial charge in [-0.2, -0.15) is 0 Å². The highest BCUT2D eigenvalue weighted by atomic mass is 16.5. The summed E-state index contributed by atoms with van der Waals surface area (Å²) in [6, 6.07) is 7.57. The van der Waals surface area contributed by atoms with Gasteiger partial charge in [-0.15, -0.1) is 10.2 Å². The Labute approximate surface area is 139 Å². The Bertz CT molecular complexity index is 686. The van der Waals surface area contributed by atoms with E-state index in [0.717, 1.165) is 17.7 Å². The number of carboxylic acid groups (broad SMARTS) is 1. The monoisotopic (exact) mass is 332 g/mol. The van der Waals surface area contributed by atoms with Crippen molar-refractivity contribution in [1.29, 1.82) is 0 Å². The summed E-state index contributed by atoms with van der Waals surface area (Å²) >= 11 is 0. The van der Waals surface area contributed by atoms with Gasteiger partial charge in [0, 0.05) is 38.2 Å². The molecule has 8 heteroatoms. The highest BCUT2D eigenvalue weighted by Crippen LogP contribution is 2.21. The van der Waals surface area contributed by atoms with Gasteiger partial charge < -0.3 is 24.5 Å². The SMILES string of the molecule is Cc1nnc(-c2ccc(OCC[C@@H]3CN(C(=O)O)CCN3)cc2)o1. The standard InChI is InChI=1S/C16H20N4O4/c1-11-18-19-15(24-11)12-2-4-14(5-3-12)23-9-6-13-10-20(16(21)22)8-7-17-13/h2-5,13,17H,6-10H2,1H3,(H,21,22)/t13-/m1/s1. The second-order valence-electron chi connectivity index (χ2n) is 5.67. The van der Waals surface area contributed by atoms with Gasteiger partial charge in [0.1, 0.15) is 5.75 Å². The molecule has 128 valence electrons. The smallest absolute Gasteiger partial charge is 0.407 e. The second-order valence-corrected chi connectivity index (χ2v) is 5.67. The largest absolute Gasteiger partial charge is 0.494 e. The molecule has 2 heterocycles. The first-order valence-electron chi connectivity index (χ1n) is 7.86. The van der Waals surface area contributed by atoms with E-state index in [2.05, 4.69) is 15.5 Å². The number of piperazine rings is 1. The second kappa shape index (κ2) is 7.31. The van der Waals surface area contributed by atoms with E-state index in [1.807, 2.05) is 24.3 Å². The molecule has 8 nitrogen and oxygen atoms in total. The molecule has 0 unspecified atom stereocenters. The first-order valence-corrected chi connectivity index (χ1v) is 7.86. The van der Waals surface area contributed by atoms with Crippen molar-refractivity contribution in [3.05, 3.63) is 30.2 Å². The number of rotatable bonds is 5. The van der Waals surface area contributed by atoms with E-state index in [1.165, 1.54) is 4.90 Å². The van der Waals surface area contributed by atoms with Crippen LogP contribution in [0.5, 0.6) is 5.75 Å². The minimum absolute atomic E-state index is 0.121. The zero-order valence-electron chi connectivity index (χ0n) is 13.4. The fourth-order valence-electron chi connectivity index (χ4n) is 2.62. The predicted octanol–water partition coefficient (Wildman–Crippen LogP) is 1.77. The Morgan fingerprint density at radius 2 is 2.21 bits per heavy atom. The summed E-state index contributed by atoms with van der Waals surface area (Å²) < 4.78 is 11.1. The molecule has 1 aromatic carbocycles. The molecule has 3 rings (SSSR count). The number of aryl methyl sites for hydroxylation is 1. The third kappa shape index (κ3) is 4.02. The summed E-state index contributed by atoms with van der Waals surface area (Å²) in [5.74, 6) is 1.76. The number of aromatic nitrogens is 2. The van der Waals surface area contributed by atoms with Crippen molar-refractivity contribution < 1.29 is 19.1 Å². The molecule has 0 radical (unpaired) electrons. The Balaban J connectivity index is 1.47. The lowest BCUT2D eigenvalue weighted by atomic mass is 10.1. The molecule has 2 aromatic rings. The summed E-state index contributed by atoms with van der Waals surface area (Å²) in [5.41, 5.74) is 0.842. The maximum atomic E-state index is 11.0. The molecule has 0 spiro atoms. The van der Waals surface area contributed by atoms with Crippen LogP contribution in [-0.4, -0.2) is 58.6 Å². The zero-order chi connectivity index (χ0) is 16.9. The zero-order valence-corrected chi connectivity index (χ0v) is 13.4. The summed E-state index contributed by atoms with van der Waals surface area (Å²) in [6.07, 6.45) is -0.122. The third-order valence-corrected chi connectivity index (χ3v) is 3.89. The van der Waals surface area contributed by atoms with Gasteiger partial charge in [-0.3, -0.25) is 0 Å². The molecule has 1 atom stereocenters. The quantitative estimate of drug-likeness (QED) is 0.860. The van der Waals surface area contributed by atoms with E-state index in [0.29, 0.717) is 38.0 Å². The van der Waals surface area contributed by atoms with Crippen LogP contribution in [0.1, 0.15) is 12.3 Å². The summed E-state index contributed by atoms with van der Waals surface area (Å²) in [7, 11) is 0. The van der Waals surface area contributed by atoms with E-state index in [1.54, 1.807) is 6.92 Å². The van der Waals surface area contributed by atoms with Crippen LogP contribution < -0.4 is 10.1 Å². The average molecular weight is 332 g/mol. The van der Waals surface area contributed by atoms with Crippen LogP contribution in [0, 0.1) is 6.92 Å². The van der Waals surface area contributed by atoms with E-state index in [-0.39, 0.29) is 6.04 Å². The average Bonchev–Trinajstić information content (AvgIpc) is 3.02. The topological polar surface area (TPSA) is 101 Å².